The van der Waals surface area contributed by atoms with Crippen LogP contribution in [0.5, 0.6) is 0 Å². The first-order valence-electron chi connectivity index (χ1n) is 7.55. The van der Waals surface area contributed by atoms with E-state index in [0.29, 0.717) is 15.6 Å². The van der Waals surface area contributed by atoms with Crippen molar-refractivity contribution in [2.24, 2.45) is 0 Å². The zero-order valence-corrected chi connectivity index (χ0v) is 14.9. The molecule has 0 radical (unpaired) electrons. The van der Waals surface area contributed by atoms with Gasteiger partial charge in [0.1, 0.15) is 23.5 Å². The third-order valence-corrected chi connectivity index (χ3v) is 5.13. The van der Waals surface area contributed by atoms with Crippen LogP contribution in [0.15, 0.2) is 70.5 Å². The molecule has 3 nitrogen and oxygen atoms in total. The molecule has 6 heteroatoms. The lowest BCUT2D eigenvalue weighted by atomic mass is 10.1. The fraction of sp³-hybridized carbons (Fsp3) is 0. The minimum absolute atomic E-state index is 0.0362. The van der Waals surface area contributed by atoms with Crippen LogP contribution in [0.1, 0.15) is 11.1 Å². The number of nitriles is 2. The Labute approximate surface area is 159 Å². The molecule has 26 heavy (non-hydrogen) atoms. The van der Waals surface area contributed by atoms with Crippen molar-refractivity contribution in [1.29, 1.82) is 10.5 Å². The summed E-state index contributed by atoms with van der Waals surface area (Å²) in [6.45, 7) is 0. The summed E-state index contributed by atoms with van der Waals surface area (Å²) in [5, 5.41) is 22.4. The molecule has 0 saturated carbocycles. The van der Waals surface area contributed by atoms with E-state index < -0.39 is 5.82 Å². The molecule has 0 saturated heterocycles. The van der Waals surface area contributed by atoms with Gasteiger partial charge in [0.15, 0.2) is 0 Å². The lowest BCUT2D eigenvalue weighted by molar-refractivity contribution is 0.620. The van der Waals surface area contributed by atoms with Crippen LogP contribution in [-0.2, 0) is 0 Å². The molecule has 1 N–H and O–H groups in total. The quantitative estimate of drug-likeness (QED) is 0.593. The molecule has 0 heterocycles. The van der Waals surface area contributed by atoms with Crippen LogP contribution in [0.4, 0.5) is 15.8 Å². The van der Waals surface area contributed by atoms with E-state index in [0.717, 1.165) is 10.6 Å². The summed E-state index contributed by atoms with van der Waals surface area (Å²) in [5.74, 6) is -0.739. The molecule has 3 aromatic carbocycles. The molecule has 126 valence electrons. The summed E-state index contributed by atoms with van der Waals surface area (Å²) in [4.78, 5) is 1.19. The highest BCUT2D eigenvalue weighted by atomic mass is 35.5. The number of nitrogens with one attached hydrogen (secondary N) is 1. The Morgan fingerprint density at radius 3 is 2.19 bits per heavy atom. The lowest BCUT2D eigenvalue weighted by Gasteiger charge is -2.15. The van der Waals surface area contributed by atoms with Gasteiger partial charge < -0.3 is 5.32 Å². The van der Waals surface area contributed by atoms with E-state index in [9.17, 15) is 14.9 Å². The SMILES string of the molecule is N#Cc1c(F)cc(Sc2ccccc2Cl)c(Nc2ccccc2)c1C#N. The normalized spacial score (nSPS) is 10.0. The number of halogens is 2. The van der Waals surface area contributed by atoms with Crippen molar-refractivity contribution < 1.29 is 4.39 Å². The van der Waals surface area contributed by atoms with Crippen molar-refractivity contribution >= 4 is 34.7 Å². The zero-order valence-electron chi connectivity index (χ0n) is 13.3. The summed E-state index contributed by atoms with van der Waals surface area (Å²) in [5.41, 5.74) is 0.780. The maximum Gasteiger partial charge on any atom is 0.143 e. The number of nitrogens with zero attached hydrogens (tertiary/aromatic N) is 2. The van der Waals surface area contributed by atoms with Gasteiger partial charge in [0.05, 0.1) is 16.3 Å². The predicted molar refractivity (Wildman–Crippen MR) is 101 cm³/mol. The number of hydrogen-bond acceptors (Lipinski definition) is 4. The molecule has 3 rings (SSSR count). The van der Waals surface area contributed by atoms with E-state index in [2.05, 4.69) is 5.32 Å². The molecule has 0 aliphatic carbocycles. The minimum Gasteiger partial charge on any atom is -0.353 e. The van der Waals surface area contributed by atoms with E-state index >= 15 is 0 Å². The van der Waals surface area contributed by atoms with E-state index in [4.69, 9.17) is 11.6 Å². The van der Waals surface area contributed by atoms with E-state index in [-0.39, 0.29) is 11.1 Å². The molecule has 3 aromatic rings. The van der Waals surface area contributed by atoms with Crippen molar-refractivity contribution in [2.75, 3.05) is 5.32 Å². The Morgan fingerprint density at radius 1 is 0.885 bits per heavy atom. The largest absolute Gasteiger partial charge is 0.353 e. The molecule has 0 bridgehead atoms. The summed E-state index contributed by atoms with van der Waals surface area (Å²) < 4.78 is 14.4. The van der Waals surface area contributed by atoms with Gasteiger partial charge in [-0.2, -0.15) is 10.5 Å². The van der Waals surface area contributed by atoms with Crippen molar-refractivity contribution in [1.82, 2.24) is 0 Å². The smallest absolute Gasteiger partial charge is 0.143 e. The van der Waals surface area contributed by atoms with Gasteiger partial charge in [-0.15, -0.1) is 0 Å². The second-order valence-electron chi connectivity index (χ2n) is 5.23. The summed E-state index contributed by atoms with van der Waals surface area (Å²) >= 11 is 7.43. The van der Waals surface area contributed by atoms with Crippen molar-refractivity contribution in [3.05, 3.63) is 82.6 Å². The van der Waals surface area contributed by atoms with E-state index in [1.54, 1.807) is 24.3 Å². The highest BCUT2D eigenvalue weighted by Gasteiger charge is 2.20. The van der Waals surface area contributed by atoms with Crippen LogP contribution < -0.4 is 5.32 Å². The second-order valence-corrected chi connectivity index (χ2v) is 6.72. The molecular weight excluding hydrogens is 369 g/mol. The number of hydrogen-bond donors (Lipinski definition) is 1. The van der Waals surface area contributed by atoms with Gasteiger partial charge in [-0.3, -0.25) is 0 Å². The molecule has 0 amide bonds. The standard InChI is InChI=1S/C20H11ClFN3S/c21-16-8-4-5-9-18(16)26-19-10-17(22)14(11-23)15(12-24)20(19)25-13-6-2-1-3-7-13/h1-10,25H. The van der Waals surface area contributed by atoms with Crippen LogP contribution >= 0.6 is 23.4 Å². The summed E-state index contributed by atoms with van der Waals surface area (Å²) in [7, 11) is 0. The number of anilines is 2. The van der Waals surface area contributed by atoms with Gasteiger partial charge in [0, 0.05) is 15.5 Å². The van der Waals surface area contributed by atoms with Gasteiger partial charge in [-0.05, 0) is 30.3 Å². The Hall–Kier alpha value is -2.99. The first-order chi connectivity index (χ1) is 12.6. The third kappa shape index (κ3) is 3.65. The van der Waals surface area contributed by atoms with Gasteiger partial charge in [0.25, 0.3) is 0 Å². The van der Waals surface area contributed by atoms with E-state index in [1.165, 1.54) is 17.8 Å². The maximum absolute atomic E-state index is 14.4. The van der Waals surface area contributed by atoms with Crippen molar-refractivity contribution in [3.8, 4) is 12.1 Å². The van der Waals surface area contributed by atoms with Gasteiger partial charge >= 0.3 is 0 Å². The molecular formula is C20H11ClFN3S. The highest BCUT2D eigenvalue weighted by Crippen LogP contribution is 2.41. The van der Waals surface area contributed by atoms with Crippen molar-refractivity contribution in [3.63, 3.8) is 0 Å². The Morgan fingerprint density at radius 2 is 1.54 bits per heavy atom. The molecule has 0 unspecified atom stereocenters. The highest BCUT2D eigenvalue weighted by molar-refractivity contribution is 7.99. The second kappa shape index (κ2) is 7.93. The summed E-state index contributed by atoms with van der Waals surface area (Å²) in [6, 6.07) is 21.3. The van der Waals surface area contributed by atoms with Gasteiger partial charge in [-0.25, -0.2) is 4.39 Å². The molecule has 0 aliphatic heterocycles. The lowest BCUT2D eigenvalue weighted by Crippen LogP contribution is -2.01. The first kappa shape index (κ1) is 17.8. The topological polar surface area (TPSA) is 59.6 Å². The van der Waals surface area contributed by atoms with Crippen LogP contribution in [0.25, 0.3) is 0 Å². The van der Waals surface area contributed by atoms with Crippen LogP contribution in [-0.4, -0.2) is 0 Å². The van der Waals surface area contributed by atoms with Crippen LogP contribution in [0.3, 0.4) is 0 Å². The molecule has 0 spiro atoms. The van der Waals surface area contributed by atoms with E-state index in [1.807, 2.05) is 42.5 Å². The Kier molecular flexibility index (Phi) is 5.43. The number of para-hydroxylation sites is 1. The predicted octanol–water partition coefficient (Wildman–Crippen LogP) is 6.12. The van der Waals surface area contributed by atoms with Gasteiger partial charge in [-0.1, -0.05) is 53.7 Å². The number of benzene rings is 3. The molecule has 0 aliphatic rings. The molecule has 0 aromatic heterocycles. The Bertz CT molecular complexity index is 1040. The Balaban J connectivity index is 2.16. The molecule has 0 atom stereocenters. The van der Waals surface area contributed by atoms with Gasteiger partial charge in [0.2, 0.25) is 0 Å². The van der Waals surface area contributed by atoms with Crippen LogP contribution in [0, 0.1) is 28.5 Å². The number of rotatable bonds is 4. The minimum atomic E-state index is -0.739. The average Bonchev–Trinajstić information content (AvgIpc) is 2.66. The monoisotopic (exact) mass is 379 g/mol. The molecule has 0 fully saturated rings. The fourth-order valence-electron chi connectivity index (χ4n) is 2.36. The average molecular weight is 380 g/mol. The maximum atomic E-state index is 14.4. The first-order valence-corrected chi connectivity index (χ1v) is 8.74. The third-order valence-electron chi connectivity index (χ3n) is 3.57. The zero-order chi connectivity index (χ0) is 18.5. The summed E-state index contributed by atoms with van der Waals surface area (Å²) in [6.07, 6.45) is 0. The van der Waals surface area contributed by atoms with Crippen molar-refractivity contribution in [2.45, 2.75) is 9.79 Å². The fourth-order valence-corrected chi connectivity index (χ4v) is 3.58. The van der Waals surface area contributed by atoms with Crippen LogP contribution in [0.2, 0.25) is 5.02 Å².